The van der Waals surface area contributed by atoms with E-state index in [1.807, 2.05) is 37.3 Å². The molecule has 6 heteroatoms. The third-order valence-corrected chi connectivity index (χ3v) is 4.48. The van der Waals surface area contributed by atoms with Crippen LogP contribution < -0.4 is 16.2 Å². The van der Waals surface area contributed by atoms with Crippen molar-refractivity contribution in [2.45, 2.75) is 38.5 Å². The van der Waals surface area contributed by atoms with E-state index in [-0.39, 0.29) is 30.3 Å². The first-order valence-corrected chi connectivity index (χ1v) is 8.32. The Bertz CT molecular complexity index is 794. The van der Waals surface area contributed by atoms with Crippen LogP contribution in [0.3, 0.4) is 0 Å². The fourth-order valence-corrected chi connectivity index (χ4v) is 3.08. The molecule has 0 saturated heterocycles. The highest BCUT2D eigenvalue weighted by Crippen LogP contribution is 2.22. The van der Waals surface area contributed by atoms with Gasteiger partial charge in [-0.05, 0) is 37.3 Å². The molecule has 6 nitrogen and oxygen atoms in total. The zero-order chi connectivity index (χ0) is 17.1. The second-order valence-corrected chi connectivity index (χ2v) is 6.17. The van der Waals surface area contributed by atoms with Crippen LogP contribution in [0.15, 0.2) is 35.1 Å². The maximum absolute atomic E-state index is 12.4. The molecule has 24 heavy (non-hydrogen) atoms. The van der Waals surface area contributed by atoms with Crippen molar-refractivity contribution in [3.63, 3.8) is 0 Å². The predicted molar refractivity (Wildman–Crippen MR) is 93.0 cm³/mol. The van der Waals surface area contributed by atoms with Crippen LogP contribution in [0, 0.1) is 0 Å². The summed E-state index contributed by atoms with van der Waals surface area (Å²) in [6, 6.07) is 9.45. The highest BCUT2D eigenvalue weighted by atomic mass is 16.5. The van der Waals surface area contributed by atoms with Gasteiger partial charge in [0.05, 0.1) is 11.6 Å². The van der Waals surface area contributed by atoms with Gasteiger partial charge in [0.15, 0.2) is 0 Å². The number of nitrogens with zero attached hydrogens (tertiary/aromatic N) is 1. The molecule has 1 aromatic heterocycles. The fourth-order valence-electron chi connectivity index (χ4n) is 3.08. The number of benzene rings is 1. The van der Waals surface area contributed by atoms with Crippen molar-refractivity contribution in [2.24, 2.45) is 7.05 Å². The van der Waals surface area contributed by atoms with E-state index < -0.39 is 0 Å². The van der Waals surface area contributed by atoms with Gasteiger partial charge in [0.1, 0.15) is 0 Å². The second-order valence-electron chi connectivity index (χ2n) is 6.17. The van der Waals surface area contributed by atoms with Gasteiger partial charge in [-0.3, -0.25) is 4.79 Å². The summed E-state index contributed by atoms with van der Waals surface area (Å²) >= 11 is 0. The van der Waals surface area contributed by atoms with Gasteiger partial charge in [-0.1, -0.05) is 18.2 Å². The Morgan fingerprint density at radius 3 is 2.83 bits per heavy atom. The quantitative estimate of drug-likeness (QED) is 0.880. The highest BCUT2D eigenvalue weighted by Gasteiger charge is 2.30. The number of amides is 2. The molecule has 1 saturated carbocycles. The van der Waals surface area contributed by atoms with Crippen molar-refractivity contribution in [3.05, 3.63) is 46.2 Å². The van der Waals surface area contributed by atoms with E-state index >= 15 is 0 Å². The summed E-state index contributed by atoms with van der Waals surface area (Å²) in [4.78, 5) is 24.3. The lowest BCUT2D eigenvalue weighted by Gasteiger charge is -2.35. The summed E-state index contributed by atoms with van der Waals surface area (Å²) in [6.07, 6.45) is 1.95. The molecule has 0 radical (unpaired) electrons. The van der Waals surface area contributed by atoms with Crippen molar-refractivity contribution >= 4 is 16.9 Å². The maximum Gasteiger partial charge on any atom is 0.315 e. The second kappa shape index (κ2) is 7.05. The molecule has 0 aliphatic heterocycles. The number of carbonyl (C=O) groups is 1. The van der Waals surface area contributed by atoms with E-state index in [9.17, 15) is 9.59 Å². The minimum atomic E-state index is -0.245. The minimum absolute atomic E-state index is 0.0888. The summed E-state index contributed by atoms with van der Waals surface area (Å²) in [5.41, 5.74) is 1.37. The average molecular weight is 329 g/mol. The standard InChI is InChI=1S/C18H23N3O3/c1-3-24-15-9-14(10-15)20-18(23)19-11-13-8-12-6-4-5-7-16(12)21(2)17(13)22/h4-8,14-15H,3,9-11H2,1-2H3,(H2,19,20,23). The molecule has 2 aromatic rings. The molecule has 1 heterocycles. The molecule has 0 bridgehead atoms. The van der Waals surface area contributed by atoms with Crippen molar-refractivity contribution < 1.29 is 9.53 Å². The van der Waals surface area contributed by atoms with Gasteiger partial charge >= 0.3 is 6.03 Å². The lowest BCUT2D eigenvalue weighted by atomic mass is 9.89. The molecule has 2 N–H and O–H groups in total. The first-order chi connectivity index (χ1) is 11.6. The van der Waals surface area contributed by atoms with Gasteiger partial charge in [0.25, 0.3) is 5.56 Å². The molecule has 1 fully saturated rings. The topological polar surface area (TPSA) is 72.4 Å². The monoisotopic (exact) mass is 329 g/mol. The van der Waals surface area contributed by atoms with Crippen LogP contribution >= 0.6 is 0 Å². The Morgan fingerprint density at radius 1 is 1.33 bits per heavy atom. The summed E-state index contributed by atoms with van der Waals surface area (Å²) < 4.78 is 7.09. The number of pyridine rings is 1. The number of ether oxygens (including phenoxy) is 1. The van der Waals surface area contributed by atoms with E-state index in [0.29, 0.717) is 12.2 Å². The van der Waals surface area contributed by atoms with E-state index in [1.54, 1.807) is 11.6 Å². The van der Waals surface area contributed by atoms with Gasteiger partial charge in [-0.25, -0.2) is 4.79 Å². The number of aryl methyl sites for hydroxylation is 1. The fraction of sp³-hybridized carbons (Fsp3) is 0.444. The summed E-state index contributed by atoms with van der Waals surface area (Å²) in [6.45, 7) is 2.89. The number of nitrogens with one attached hydrogen (secondary N) is 2. The van der Waals surface area contributed by atoms with Crippen LogP contribution in [0.2, 0.25) is 0 Å². The van der Waals surface area contributed by atoms with Crippen molar-refractivity contribution in [1.82, 2.24) is 15.2 Å². The van der Waals surface area contributed by atoms with Crippen LogP contribution in [0.5, 0.6) is 0 Å². The number of urea groups is 1. The number of fused-ring (bicyclic) bond motifs is 1. The molecule has 1 aliphatic rings. The first-order valence-electron chi connectivity index (χ1n) is 8.32. The Morgan fingerprint density at radius 2 is 2.08 bits per heavy atom. The molecule has 0 spiro atoms. The lowest BCUT2D eigenvalue weighted by Crippen LogP contribution is -2.51. The largest absolute Gasteiger partial charge is 0.378 e. The molecule has 2 amide bonds. The molecule has 3 rings (SSSR count). The third kappa shape index (κ3) is 3.43. The SMILES string of the molecule is CCOC1CC(NC(=O)NCc2cc3ccccc3n(C)c2=O)C1. The number of hydrogen-bond donors (Lipinski definition) is 2. The highest BCUT2D eigenvalue weighted by molar-refractivity contribution is 5.79. The number of hydrogen-bond acceptors (Lipinski definition) is 3. The van der Waals surface area contributed by atoms with Crippen molar-refractivity contribution in [3.8, 4) is 0 Å². The minimum Gasteiger partial charge on any atom is -0.378 e. The Balaban J connectivity index is 1.59. The van der Waals surface area contributed by atoms with Crippen LogP contribution in [-0.4, -0.2) is 29.4 Å². The van der Waals surface area contributed by atoms with Gasteiger partial charge < -0.3 is 19.9 Å². The molecular formula is C18H23N3O3. The van der Waals surface area contributed by atoms with E-state index in [4.69, 9.17) is 4.74 Å². The Labute approximate surface area is 140 Å². The summed E-state index contributed by atoms with van der Waals surface area (Å²) in [5, 5.41) is 6.66. The van der Waals surface area contributed by atoms with Gasteiger partial charge in [-0.15, -0.1) is 0 Å². The van der Waals surface area contributed by atoms with Crippen molar-refractivity contribution in [1.29, 1.82) is 0 Å². The zero-order valence-corrected chi connectivity index (χ0v) is 14.0. The van der Waals surface area contributed by atoms with Gasteiger partial charge in [-0.2, -0.15) is 0 Å². The molecular weight excluding hydrogens is 306 g/mol. The van der Waals surface area contributed by atoms with Crippen LogP contribution in [0.25, 0.3) is 10.9 Å². The zero-order valence-electron chi connectivity index (χ0n) is 14.0. The predicted octanol–water partition coefficient (Wildman–Crippen LogP) is 1.91. The Hall–Kier alpha value is -2.34. The smallest absolute Gasteiger partial charge is 0.315 e. The number of aromatic nitrogens is 1. The maximum atomic E-state index is 12.4. The molecule has 0 unspecified atom stereocenters. The molecule has 1 aromatic carbocycles. The number of para-hydroxylation sites is 1. The van der Waals surface area contributed by atoms with Crippen LogP contribution in [0.1, 0.15) is 25.3 Å². The van der Waals surface area contributed by atoms with Crippen molar-refractivity contribution in [2.75, 3.05) is 6.61 Å². The molecule has 1 aliphatic carbocycles. The van der Waals surface area contributed by atoms with Gasteiger partial charge in [0.2, 0.25) is 0 Å². The molecule has 128 valence electrons. The Kier molecular flexibility index (Phi) is 4.85. The van der Waals surface area contributed by atoms with E-state index in [0.717, 1.165) is 23.7 Å². The van der Waals surface area contributed by atoms with E-state index in [1.165, 1.54) is 0 Å². The van der Waals surface area contributed by atoms with Crippen LogP contribution in [-0.2, 0) is 18.3 Å². The number of rotatable bonds is 5. The normalized spacial score (nSPS) is 19.8. The summed E-state index contributed by atoms with van der Waals surface area (Å²) in [5.74, 6) is 0. The van der Waals surface area contributed by atoms with E-state index in [2.05, 4.69) is 10.6 Å². The first kappa shape index (κ1) is 16.5. The van der Waals surface area contributed by atoms with Gasteiger partial charge in [0, 0.05) is 31.8 Å². The summed E-state index contributed by atoms with van der Waals surface area (Å²) in [7, 11) is 1.75. The third-order valence-electron chi connectivity index (χ3n) is 4.48. The number of carbonyl (C=O) groups excluding carboxylic acids is 1. The lowest BCUT2D eigenvalue weighted by molar-refractivity contribution is -0.00709. The average Bonchev–Trinajstić information content (AvgIpc) is 2.55. The molecule has 0 atom stereocenters. The van der Waals surface area contributed by atoms with Crippen LogP contribution in [0.4, 0.5) is 4.79 Å².